The molecule has 0 bridgehead atoms. The van der Waals surface area contributed by atoms with Crippen LogP contribution in [0.2, 0.25) is 20.4 Å². The first-order chi connectivity index (χ1) is 22.8. The van der Waals surface area contributed by atoms with Crippen LogP contribution in [0, 0.1) is 11.6 Å². The van der Waals surface area contributed by atoms with Crippen molar-refractivity contribution in [2.24, 2.45) is 0 Å². The molecule has 0 saturated heterocycles. The molecule has 2 aliphatic heterocycles. The van der Waals surface area contributed by atoms with Crippen LogP contribution in [-0.4, -0.2) is 43.3 Å². The maximum atomic E-state index is 14.6. The first-order valence-corrected chi connectivity index (χ1v) is 16.4. The zero-order valence-corrected chi connectivity index (χ0v) is 28.8. The van der Waals surface area contributed by atoms with Gasteiger partial charge in [0.15, 0.2) is 5.78 Å². The number of phenolic OH excluding ortho intramolecular Hbond substituents is 1. The van der Waals surface area contributed by atoms with Gasteiger partial charge in [0, 0.05) is 43.4 Å². The smallest absolute Gasteiger partial charge is 0.276 e. The van der Waals surface area contributed by atoms with Crippen molar-refractivity contribution >= 4 is 52.2 Å². The Morgan fingerprint density at radius 2 is 1.25 bits per heavy atom. The van der Waals surface area contributed by atoms with Crippen LogP contribution >= 0.6 is 46.4 Å². The van der Waals surface area contributed by atoms with E-state index in [1.807, 2.05) is 0 Å². The Morgan fingerprint density at radius 1 is 0.792 bits per heavy atom. The summed E-state index contributed by atoms with van der Waals surface area (Å²) in [5.41, 5.74) is -0.581. The second kappa shape index (κ2) is 14.8. The number of fused-ring (bicyclic) bond motifs is 2. The molecule has 0 fully saturated rings. The molecule has 0 radical (unpaired) electrons. The van der Waals surface area contributed by atoms with E-state index in [1.165, 1.54) is 35.5 Å². The van der Waals surface area contributed by atoms with Gasteiger partial charge in [-0.2, -0.15) is 0 Å². The molecule has 2 aliphatic rings. The van der Waals surface area contributed by atoms with Gasteiger partial charge in [-0.1, -0.05) is 46.4 Å². The number of carbonyl (C=O) groups excluding carboxylic acids is 1. The van der Waals surface area contributed by atoms with Crippen molar-refractivity contribution in [1.29, 1.82) is 0 Å². The number of rotatable bonds is 7. The zero-order valence-electron chi connectivity index (χ0n) is 25.8. The van der Waals surface area contributed by atoms with E-state index < -0.39 is 11.6 Å². The molecular weight excluding hydrogens is 716 g/mol. The summed E-state index contributed by atoms with van der Waals surface area (Å²) in [4.78, 5) is 36.3. The van der Waals surface area contributed by atoms with Crippen LogP contribution < -0.4 is 15.9 Å². The SMILES string of the molecule is CO/C(=C/C(C)=O)COc1cc(-c2c(Cl)n3n(c2=O)CCCC3)c(F)cc1Cl.O=c1c(-c2cc(O)c(Cl)cc2F)c(Cl)n2n1CCCC2. The largest absolute Gasteiger partial charge is 0.506 e. The molecule has 16 heteroatoms. The van der Waals surface area contributed by atoms with E-state index in [-0.39, 0.29) is 83.4 Å². The standard InChI is InChI=1S/C19H19Cl2FN2O4.C13H11Cl2FN2O2/c1-11(25)7-12(27-2)10-28-16-8-13(15(22)9-14(16)20)17-18(21)23-5-3-4-6-24(23)19(17)26;14-8-6-9(16)7(5-10(8)19)11-12(15)17-3-1-2-4-18(17)13(11)20/h7-9H,3-6,10H2,1-2H3;5-6,19H,1-4H2/b12-7+;. The van der Waals surface area contributed by atoms with Crippen LogP contribution in [0.15, 0.2) is 45.7 Å². The fraction of sp³-hybridized carbons (Fsp3) is 0.344. The molecule has 0 spiro atoms. The average molecular weight is 746 g/mol. The topological polar surface area (TPSA) is 110 Å². The monoisotopic (exact) mass is 744 g/mol. The van der Waals surface area contributed by atoms with Crippen LogP contribution in [0.25, 0.3) is 22.3 Å². The van der Waals surface area contributed by atoms with Gasteiger partial charge in [0.05, 0.1) is 28.3 Å². The van der Waals surface area contributed by atoms with Gasteiger partial charge in [0.2, 0.25) is 0 Å². The molecule has 0 amide bonds. The second-order valence-electron chi connectivity index (χ2n) is 11.1. The molecule has 0 atom stereocenters. The summed E-state index contributed by atoms with van der Waals surface area (Å²) < 4.78 is 45.7. The number of hydrogen-bond donors (Lipinski definition) is 1. The van der Waals surface area contributed by atoms with E-state index in [0.717, 1.165) is 43.9 Å². The van der Waals surface area contributed by atoms with E-state index >= 15 is 0 Å². The third kappa shape index (κ3) is 7.03. The van der Waals surface area contributed by atoms with Gasteiger partial charge in [-0.15, -0.1) is 0 Å². The predicted molar refractivity (Wildman–Crippen MR) is 180 cm³/mol. The number of hydrogen-bond acceptors (Lipinski definition) is 6. The minimum absolute atomic E-state index is 0.0123. The Hall–Kier alpha value is -3.71. The molecule has 48 heavy (non-hydrogen) atoms. The summed E-state index contributed by atoms with van der Waals surface area (Å²) >= 11 is 24.3. The highest BCUT2D eigenvalue weighted by molar-refractivity contribution is 6.34. The van der Waals surface area contributed by atoms with Gasteiger partial charge in [0.25, 0.3) is 11.1 Å². The van der Waals surface area contributed by atoms with Crippen molar-refractivity contribution in [3.63, 3.8) is 0 Å². The Kier molecular flexibility index (Phi) is 11.0. The van der Waals surface area contributed by atoms with Crippen LogP contribution in [0.1, 0.15) is 32.6 Å². The van der Waals surface area contributed by atoms with Crippen molar-refractivity contribution in [3.8, 4) is 33.8 Å². The Bertz CT molecular complexity index is 2050. The number of ether oxygens (including phenoxy) is 2. The van der Waals surface area contributed by atoms with E-state index in [4.69, 9.17) is 55.9 Å². The van der Waals surface area contributed by atoms with E-state index in [0.29, 0.717) is 26.2 Å². The molecule has 1 N–H and O–H groups in total. The van der Waals surface area contributed by atoms with Crippen LogP contribution in [0.3, 0.4) is 0 Å². The van der Waals surface area contributed by atoms with Crippen molar-refractivity contribution in [2.45, 2.75) is 58.8 Å². The van der Waals surface area contributed by atoms with Crippen molar-refractivity contribution < 1.29 is 28.2 Å². The maximum absolute atomic E-state index is 14.6. The van der Waals surface area contributed by atoms with Crippen LogP contribution in [-0.2, 0) is 35.7 Å². The van der Waals surface area contributed by atoms with Gasteiger partial charge in [-0.05, 0) is 56.9 Å². The zero-order chi connectivity index (χ0) is 34.9. The molecule has 10 nitrogen and oxygen atoms in total. The van der Waals surface area contributed by atoms with Gasteiger partial charge in [-0.25, -0.2) is 18.1 Å². The predicted octanol–water partition coefficient (Wildman–Crippen LogP) is 7.32. The molecule has 0 aliphatic carbocycles. The summed E-state index contributed by atoms with van der Waals surface area (Å²) in [5.74, 6) is -1.42. The summed E-state index contributed by atoms with van der Waals surface area (Å²) in [6, 6.07) is 4.52. The van der Waals surface area contributed by atoms with Gasteiger partial charge in [0.1, 0.15) is 45.8 Å². The number of halogens is 6. The molecule has 2 aromatic carbocycles. The molecule has 4 aromatic rings. The Labute approximate surface area is 293 Å². The summed E-state index contributed by atoms with van der Waals surface area (Å²) in [6.45, 7) is 3.60. The van der Waals surface area contributed by atoms with Crippen LogP contribution in [0.5, 0.6) is 11.5 Å². The lowest BCUT2D eigenvalue weighted by atomic mass is 10.1. The molecule has 0 saturated carbocycles. The minimum Gasteiger partial charge on any atom is -0.506 e. The van der Waals surface area contributed by atoms with Crippen molar-refractivity contribution in [3.05, 3.63) is 88.8 Å². The number of phenols is 1. The highest BCUT2D eigenvalue weighted by Gasteiger charge is 2.26. The number of nitrogens with zero attached hydrogens (tertiary/aromatic N) is 4. The number of allylic oxidation sites excluding steroid dienone is 1. The Morgan fingerprint density at radius 3 is 1.71 bits per heavy atom. The minimum atomic E-state index is -0.685. The molecular formula is C32H30Cl4F2N4O6. The number of carbonyl (C=O) groups is 1. The Balaban J connectivity index is 0.000000198. The average Bonchev–Trinajstić information content (AvgIpc) is 3.46. The molecule has 256 valence electrons. The molecule has 4 heterocycles. The number of methoxy groups -OCH3 is 1. The molecule has 6 rings (SSSR count). The summed E-state index contributed by atoms with van der Waals surface area (Å²) in [6.07, 6.45) is 4.84. The van der Waals surface area contributed by atoms with Gasteiger partial charge >= 0.3 is 0 Å². The van der Waals surface area contributed by atoms with Gasteiger partial charge < -0.3 is 14.6 Å². The first-order valence-electron chi connectivity index (χ1n) is 14.9. The second-order valence-corrected chi connectivity index (χ2v) is 12.6. The number of aromatic nitrogens is 4. The van der Waals surface area contributed by atoms with E-state index in [1.54, 1.807) is 9.36 Å². The number of benzene rings is 2. The number of aromatic hydroxyl groups is 1. The fourth-order valence-corrected chi connectivity index (χ4v) is 6.67. The summed E-state index contributed by atoms with van der Waals surface area (Å²) in [7, 11) is 1.41. The lowest BCUT2D eigenvalue weighted by Crippen LogP contribution is -2.27. The van der Waals surface area contributed by atoms with Crippen LogP contribution in [0.4, 0.5) is 8.78 Å². The molecule has 2 aromatic heterocycles. The highest BCUT2D eigenvalue weighted by atomic mass is 35.5. The lowest BCUT2D eigenvalue weighted by Gasteiger charge is -2.17. The fourth-order valence-electron chi connectivity index (χ4n) is 5.60. The lowest BCUT2D eigenvalue weighted by molar-refractivity contribution is -0.112. The highest BCUT2D eigenvalue weighted by Crippen LogP contribution is 2.37. The van der Waals surface area contributed by atoms with E-state index in [9.17, 15) is 28.3 Å². The number of ketones is 1. The van der Waals surface area contributed by atoms with Crippen molar-refractivity contribution in [2.75, 3.05) is 13.7 Å². The third-order valence-electron chi connectivity index (χ3n) is 7.92. The normalized spacial score (nSPS) is 14.1. The van der Waals surface area contributed by atoms with Gasteiger partial charge in [-0.3, -0.25) is 23.7 Å². The van der Waals surface area contributed by atoms with Crippen molar-refractivity contribution in [1.82, 2.24) is 18.7 Å². The first kappa shape index (κ1) is 35.6. The molecule has 0 unspecified atom stereocenters. The quantitative estimate of drug-likeness (QED) is 0.157. The summed E-state index contributed by atoms with van der Waals surface area (Å²) in [5, 5.41) is 9.91. The van der Waals surface area contributed by atoms with E-state index in [2.05, 4.69) is 0 Å². The third-order valence-corrected chi connectivity index (χ3v) is 9.28. The maximum Gasteiger partial charge on any atom is 0.276 e.